The van der Waals surface area contributed by atoms with Crippen molar-refractivity contribution in [2.45, 2.75) is 32.6 Å². The molecule has 0 atom stereocenters. The van der Waals surface area contributed by atoms with Gasteiger partial charge in [0, 0.05) is 17.5 Å². The topological polar surface area (TPSA) is 55.4 Å². The van der Waals surface area contributed by atoms with E-state index in [1.807, 2.05) is 57.2 Å². The molecule has 2 aromatic rings. The number of hydrogen-bond donors (Lipinski definition) is 1. The Morgan fingerprint density at radius 2 is 1.62 bits per heavy atom. The summed E-state index contributed by atoms with van der Waals surface area (Å²) in [4.78, 5) is 24.0. The molecule has 0 unspecified atom stereocenters. The van der Waals surface area contributed by atoms with Gasteiger partial charge in [0.25, 0.3) is 0 Å². The number of rotatable bonds is 5. The molecule has 0 spiro atoms. The first-order chi connectivity index (χ1) is 11.4. The van der Waals surface area contributed by atoms with Crippen molar-refractivity contribution in [3.05, 3.63) is 53.1 Å². The highest BCUT2D eigenvalue weighted by molar-refractivity contribution is 8.00. The number of benzene rings is 2. The summed E-state index contributed by atoms with van der Waals surface area (Å²) in [7, 11) is 0. The van der Waals surface area contributed by atoms with Crippen molar-refractivity contribution in [2.75, 3.05) is 11.1 Å². The molecule has 0 radical (unpaired) electrons. The molecule has 5 heteroatoms. The van der Waals surface area contributed by atoms with Crippen LogP contribution < -0.4 is 10.1 Å². The summed E-state index contributed by atoms with van der Waals surface area (Å²) in [6.45, 7) is 7.35. The third-order valence-electron chi connectivity index (χ3n) is 3.62. The predicted octanol–water partition coefficient (Wildman–Crippen LogP) is 4.27. The first-order valence-electron chi connectivity index (χ1n) is 7.64. The molecule has 2 rings (SSSR count). The molecule has 0 aliphatic rings. The zero-order valence-electron chi connectivity index (χ0n) is 14.3. The first-order valence-corrected chi connectivity index (χ1v) is 8.63. The van der Waals surface area contributed by atoms with Crippen molar-refractivity contribution in [2.24, 2.45) is 0 Å². The van der Waals surface area contributed by atoms with E-state index in [1.165, 1.54) is 18.7 Å². The summed E-state index contributed by atoms with van der Waals surface area (Å²) in [5.74, 6) is 0.499. The van der Waals surface area contributed by atoms with E-state index in [1.54, 1.807) is 0 Å². The lowest BCUT2D eigenvalue weighted by Crippen LogP contribution is -2.12. The lowest BCUT2D eigenvalue weighted by molar-refractivity contribution is -0.131. The number of anilines is 1. The van der Waals surface area contributed by atoms with E-state index in [2.05, 4.69) is 5.32 Å². The van der Waals surface area contributed by atoms with Crippen molar-refractivity contribution in [1.82, 2.24) is 0 Å². The van der Waals surface area contributed by atoms with Crippen LogP contribution in [0, 0.1) is 20.8 Å². The van der Waals surface area contributed by atoms with Gasteiger partial charge in [-0.2, -0.15) is 0 Å². The number of carbonyl (C=O) groups excluding carboxylic acids is 2. The van der Waals surface area contributed by atoms with Gasteiger partial charge in [-0.05, 0) is 61.7 Å². The molecule has 0 bridgehead atoms. The highest BCUT2D eigenvalue weighted by atomic mass is 32.2. The van der Waals surface area contributed by atoms with Crippen molar-refractivity contribution < 1.29 is 14.3 Å². The SMILES string of the molecule is CC(=O)Nc1ccc(SCC(=O)Oc2c(C)ccc(C)c2C)cc1. The molecular formula is C19H21NO3S. The van der Waals surface area contributed by atoms with Crippen molar-refractivity contribution >= 4 is 29.3 Å². The standard InChI is InChI=1S/C19H21NO3S/c1-12-5-6-13(2)19(14(12)3)23-18(22)11-24-17-9-7-16(8-10-17)20-15(4)21/h5-10H,11H2,1-4H3,(H,20,21). The summed E-state index contributed by atoms with van der Waals surface area (Å²) >= 11 is 1.40. The van der Waals surface area contributed by atoms with Crippen molar-refractivity contribution in [1.29, 1.82) is 0 Å². The minimum absolute atomic E-state index is 0.108. The first kappa shape index (κ1) is 18.1. The molecule has 1 N–H and O–H groups in total. The van der Waals surface area contributed by atoms with Gasteiger partial charge in [-0.1, -0.05) is 12.1 Å². The Morgan fingerprint density at radius 1 is 1.00 bits per heavy atom. The molecule has 4 nitrogen and oxygen atoms in total. The van der Waals surface area contributed by atoms with Gasteiger partial charge >= 0.3 is 5.97 Å². The third-order valence-corrected chi connectivity index (χ3v) is 4.61. The zero-order chi connectivity index (χ0) is 17.7. The van der Waals surface area contributed by atoms with Crippen LogP contribution in [0.1, 0.15) is 23.6 Å². The summed E-state index contributed by atoms with van der Waals surface area (Å²) in [5.41, 5.74) is 3.79. The van der Waals surface area contributed by atoms with Gasteiger partial charge in [0.15, 0.2) is 0 Å². The van der Waals surface area contributed by atoms with Gasteiger partial charge in [0.05, 0.1) is 5.75 Å². The lowest BCUT2D eigenvalue weighted by Gasteiger charge is -2.12. The van der Waals surface area contributed by atoms with Gasteiger partial charge < -0.3 is 10.1 Å². The fourth-order valence-corrected chi connectivity index (χ4v) is 2.88. The van der Waals surface area contributed by atoms with Crippen LogP contribution in [0.4, 0.5) is 5.69 Å². The molecule has 126 valence electrons. The van der Waals surface area contributed by atoms with Gasteiger partial charge in [-0.15, -0.1) is 11.8 Å². The number of carbonyl (C=O) groups is 2. The molecule has 0 aliphatic carbocycles. The average molecular weight is 343 g/mol. The van der Waals surface area contributed by atoms with Crippen LogP contribution in [0.2, 0.25) is 0 Å². The Morgan fingerprint density at radius 3 is 2.25 bits per heavy atom. The maximum atomic E-state index is 12.1. The molecule has 0 saturated carbocycles. The molecule has 0 fully saturated rings. The maximum Gasteiger partial charge on any atom is 0.321 e. The quantitative estimate of drug-likeness (QED) is 0.500. The lowest BCUT2D eigenvalue weighted by atomic mass is 10.1. The molecule has 0 aliphatic heterocycles. The third kappa shape index (κ3) is 4.86. The summed E-state index contributed by atoms with van der Waals surface area (Å²) in [6, 6.07) is 11.3. The van der Waals surface area contributed by atoms with Crippen LogP contribution in [0.3, 0.4) is 0 Å². The number of ether oxygens (including phenoxy) is 1. The van der Waals surface area contributed by atoms with E-state index < -0.39 is 0 Å². The normalized spacial score (nSPS) is 10.3. The average Bonchev–Trinajstić information content (AvgIpc) is 2.54. The Kier molecular flexibility index (Phi) is 6.04. The summed E-state index contributed by atoms with van der Waals surface area (Å²) in [6.07, 6.45) is 0. The second-order valence-electron chi connectivity index (χ2n) is 5.62. The minimum Gasteiger partial charge on any atom is -0.425 e. The fraction of sp³-hybridized carbons (Fsp3) is 0.263. The number of aryl methyl sites for hydroxylation is 2. The second-order valence-corrected chi connectivity index (χ2v) is 6.67. The number of nitrogens with one attached hydrogen (secondary N) is 1. The van der Waals surface area contributed by atoms with Gasteiger partial charge in [0.1, 0.15) is 5.75 Å². The largest absolute Gasteiger partial charge is 0.425 e. The van der Waals surface area contributed by atoms with Crippen LogP contribution in [-0.2, 0) is 9.59 Å². The second kappa shape index (κ2) is 8.02. The number of amides is 1. The van der Waals surface area contributed by atoms with Crippen molar-refractivity contribution in [3.8, 4) is 5.75 Å². The number of thioether (sulfide) groups is 1. The zero-order valence-corrected chi connectivity index (χ0v) is 15.1. The smallest absolute Gasteiger partial charge is 0.321 e. The summed E-state index contributed by atoms with van der Waals surface area (Å²) < 4.78 is 5.54. The number of hydrogen-bond acceptors (Lipinski definition) is 4. The number of esters is 1. The molecule has 1 amide bonds. The van der Waals surface area contributed by atoms with Gasteiger partial charge in [-0.25, -0.2) is 0 Å². The van der Waals surface area contributed by atoms with Gasteiger partial charge in [-0.3, -0.25) is 9.59 Å². The van der Waals surface area contributed by atoms with E-state index in [9.17, 15) is 9.59 Å². The van der Waals surface area contributed by atoms with E-state index in [-0.39, 0.29) is 17.6 Å². The molecule has 0 heterocycles. The highest BCUT2D eigenvalue weighted by Gasteiger charge is 2.12. The monoisotopic (exact) mass is 343 g/mol. The van der Waals surface area contributed by atoms with E-state index in [0.717, 1.165) is 27.3 Å². The Hall–Kier alpha value is -2.27. The van der Waals surface area contributed by atoms with Gasteiger partial charge in [0.2, 0.25) is 5.91 Å². The van der Waals surface area contributed by atoms with Crippen LogP contribution in [0.5, 0.6) is 5.75 Å². The maximum absolute atomic E-state index is 12.1. The van der Waals surface area contributed by atoms with E-state index in [0.29, 0.717) is 5.75 Å². The predicted molar refractivity (Wildman–Crippen MR) is 97.8 cm³/mol. The Balaban J connectivity index is 1.94. The van der Waals surface area contributed by atoms with Crippen LogP contribution in [-0.4, -0.2) is 17.6 Å². The van der Waals surface area contributed by atoms with E-state index >= 15 is 0 Å². The fourth-order valence-electron chi connectivity index (χ4n) is 2.21. The van der Waals surface area contributed by atoms with Crippen LogP contribution >= 0.6 is 11.8 Å². The molecule has 0 saturated heterocycles. The van der Waals surface area contributed by atoms with Crippen molar-refractivity contribution in [3.63, 3.8) is 0 Å². The van der Waals surface area contributed by atoms with E-state index in [4.69, 9.17) is 4.74 Å². The Labute approximate surface area is 146 Å². The molecule has 24 heavy (non-hydrogen) atoms. The molecule has 2 aromatic carbocycles. The highest BCUT2D eigenvalue weighted by Crippen LogP contribution is 2.27. The van der Waals surface area contributed by atoms with Crippen LogP contribution in [0.25, 0.3) is 0 Å². The molecule has 0 aromatic heterocycles. The molecular weight excluding hydrogens is 322 g/mol. The van der Waals surface area contributed by atoms with Crippen LogP contribution in [0.15, 0.2) is 41.3 Å². The summed E-state index contributed by atoms with van der Waals surface area (Å²) in [5, 5.41) is 2.71. The Bertz CT molecular complexity index is 754. The minimum atomic E-state index is -0.275.